The van der Waals surface area contributed by atoms with Gasteiger partial charge in [-0.15, -0.1) is 0 Å². The molecule has 5 heteroatoms. The van der Waals surface area contributed by atoms with Gasteiger partial charge in [0.15, 0.2) is 0 Å². The standard InChI is InChI=1S/C21H22N2O3/c1-23-12-11-18-19(5-2-6-20(18)23)22-21(24)15-7-9-16(10-8-15)26-14-17-4-3-13-25-17/h2,5-12,17H,3-4,13-14H2,1H3,(H,22,24)/t17-/m0/s1. The third-order valence-electron chi connectivity index (χ3n) is 4.75. The number of benzene rings is 2. The number of amides is 1. The van der Waals surface area contributed by atoms with Crippen LogP contribution in [0.25, 0.3) is 10.9 Å². The van der Waals surface area contributed by atoms with Crippen molar-refractivity contribution in [3.05, 3.63) is 60.3 Å². The fourth-order valence-corrected chi connectivity index (χ4v) is 3.27. The normalized spacial score (nSPS) is 16.7. The van der Waals surface area contributed by atoms with Crippen LogP contribution in [0.3, 0.4) is 0 Å². The molecule has 1 saturated heterocycles. The first-order valence-electron chi connectivity index (χ1n) is 8.90. The number of anilines is 1. The molecule has 2 heterocycles. The van der Waals surface area contributed by atoms with Crippen molar-refractivity contribution in [1.82, 2.24) is 4.57 Å². The molecule has 0 bridgehead atoms. The maximum Gasteiger partial charge on any atom is 0.255 e. The molecule has 0 spiro atoms. The summed E-state index contributed by atoms with van der Waals surface area (Å²) in [6.07, 6.45) is 4.32. The zero-order valence-electron chi connectivity index (χ0n) is 14.8. The Hall–Kier alpha value is -2.79. The van der Waals surface area contributed by atoms with Gasteiger partial charge in [0.05, 0.1) is 11.8 Å². The molecule has 1 aliphatic rings. The van der Waals surface area contributed by atoms with Gasteiger partial charge in [-0.2, -0.15) is 0 Å². The summed E-state index contributed by atoms with van der Waals surface area (Å²) >= 11 is 0. The van der Waals surface area contributed by atoms with E-state index in [2.05, 4.69) is 5.32 Å². The Morgan fingerprint density at radius 2 is 2.08 bits per heavy atom. The average molecular weight is 350 g/mol. The largest absolute Gasteiger partial charge is 0.491 e. The van der Waals surface area contributed by atoms with Gasteiger partial charge in [-0.05, 0) is 55.3 Å². The third-order valence-corrected chi connectivity index (χ3v) is 4.75. The molecular formula is C21H22N2O3. The van der Waals surface area contributed by atoms with Crippen molar-refractivity contribution in [2.75, 3.05) is 18.5 Å². The first-order valence-corrected chi connectivity index (χ1v) is 8.90. The number of nitrogens with one attached hydrogen (secondary N) is 1. The van der Waals surface area contributed by atoms with Crippen molar-refractivity contribution < 1.29 is 14.3 Å². The first-order chi connectivity index (χ1) is 12.7. The van der Waals surface area contributed by atoms with Crippen LogP contribution >= 0.6 is 0 Å². The number of ether oxygens (including phenoxy) is 2. The summed E-state index contributed by atoms with van der Waals surface area (Å²) in [6, 6.07) is 15.1. The number of aromatic nitrogens is 1. The second kappa shape index (κ2) is 7.22. The molecule has 134 valence electrons. The molecule has 1 atom stereocenters. The molecule has 0 saturated carbocycles. The van der Waals surface area contributed by atoms with E-state index in [4.69, 9.17) is 9.47 Å². The molecule has 5 nitrogen and oxygen atoms in total. The zero-order valence-corrected chi connectivity index (χ0v) is 14.8. The zero-order chi connectivity index (χ0) is 17.9. The lowest BCUT2D eigenvalue weighted by Crippen LogP contribution is -2.16. The predicted octanol–water partition coefficient (Wildman–Crippen LogP) is 3.99. The molecule has 1 fully saturated rings. The lowest BCUT2D eigenvalue weighted by molar-refractivity contribution is 0.0679. The van der Waals surface area contributed by atoms with Crippen LogP contribution in [-0.4, -0.2) is 29.8 Å². The van der Waals surface area contributed by atoms with Crippen molar-refractivity contribution in [1.29, 1.82) is 0 Å². The summed E-state index contributed by atoms with van der Waals surface area (Å²) in [6.45, 7) is 1.38. The number of rotatable bonds is 5. The lowest BCUT2D eigenvalue weighted by Gasteiger charge is -2.12. The highest BCUT2D eigenvalue weighted by atomic mass is 16.5. The number of carbonyl (C=O) groups is 1. The molecule has 4 rings (SSSR count). The number of aryl methyl sites for hydroxylation is 1. The Labute approximate surface area is 152 Å². The van der Waals surface area contributed by atoms with E-state index in [1.165, 1.54) is 0 Å². The molecule has 2 aromatic carbocycles. The minimum absolute atomic E-state index is 0.132. The highest BCUT2D eigenvalue weighted by Crippen LogP contribution is 2.24. The van der Waals surface area contributed by atoms with E-state index >= 15 is 0 Å². The van der Waals surface area contributed by atoms with E-state index in [-0.39, 0.29) is 12.0 Å². The van der Waals surface area contributed by atoms with Gasteiger partial charge in [-0.1, -0.05) is 6.07 Å². The Bertz CT molecular complexity index is 909. The summed E-state index contributed by atoms with van der Waals surface area (Å²) in [7, 11) is 1.99. The summed E-state index contributed by atoms with van der Waals surface area (Å²) in [4.78, 5) is 12.6. The molecule has 26 heavy (non-hydrogen) atoms. The molecule has 1 aliphatic heterocycles. The second-order valence-electron chi connectivity index (χ2n) is 6.59. The fraction of sp³-hybridized carbons (Fsp3) is 0.286. The van der Waals surface area contributed by atoms with Crippen molar-refractivity contribution in [3.63, 3.8) is 0 Å². The molecule has 1 amide bonds. The summed E-state index contributed by atoms with van der Waals surface area (Å²) in [5.74, 6) is 0.620. The number of carbonyl (C=O) groups excluding carboxylic acids is 1. The van der Waals surface area contributed by atoms with Gasteiger partial charge in [-0.3, -0.25) is 4.79 Å². The van der Waals surface area contributed by atoms with Crippen molar-refractivity contribution in [3.8, 4) is 5.75 Å². The van der Waals surface area contributed by atoms with Gasteiger partial charge in [-0.25, -0.2) is 0 Å². The maximum atomic E-state index is 12.6. The number of fused-ring (bicyclic) bond motifs is 1. The first kappa shape index (κ1) is 16.7. The molecule has 1 N–H and O–H groups in total. The maximum absolute atomic E-state index is 12.6. The van der Waals surface area contributed by atoms with Crippen LogP contribution in [0.5, 0.6) is 5.75 Å². The second-order valence-corrected chi connectivity index (χ2v) is 6.59. The number of hydrogen-bond donors (Lipinski definition) is 1. The van der Waals surface area contributed by atoms with Gasteiger partial charge in [0.25, 0.3) is 5.91 Å². The monoisotopic (exact) mass is 350 g/mol. The van der Waals surface area contributed by atoms with E-state index in [1.807, 2.05) is 54.2 Å². The van der Waals surface area contributed by atoms with Crippen molar-refractivity contribution >= 4 is 22.5 Å². The molecular weight excluding hydrogens is 328 g/mol. The molecule has 0 unspecified atom stereocenters. The Kier molecular flexibility index (Phi) is 4.63. The lowest BCUT2D eigenvalue weighted by atomic mass is 10.1. The van der Waals surface area contributed by atoms with Crippen molar-refractivity contribution in [2.24, 2.45) is 7.05 Å². The Balaban J connectivity index is 1.42. The average Bonchev–Trinajstić information content (AvgIpc) is 3.31. The highest BCUT2D eigenvalue weighted by Gasteiger charge is 2.16. The van der Waals surface area contributed by atoms with Gasteiger partial charge in [0.2, 0.25) is 0 Å². The number of hydrogen-bond acceptors (Lipinski definition) is 3. The smallest absolute Gasteiger partial charge is 0.255 e. The van der Waals surface area contributed by atoms with Crippen LogP contribution in [0.4, 0.5) is 5.69 Å². The molecule has 0 aliphatic carbocycles. The fourth-order valence-electron chi connectivity index (χ4n) is 3.27. The Morgan fingerprint density at radius 1 is 1.23 bits per heavy atom. The molecule has 0 radical (unpaired) electrons. The highest BCUT2D eigenvalue weighted by molar-refractivity contribution is 6.08. The summed E-state index contributed by atoms with van der Waals surface area (Å²) < 4.78 is 13.3. The third kappa shape index (κ3) is 3.44. The Morgan fingerprint density at radius 3 is 2.85 bits per heavy atom. The van der Waals surface area contributed by atoms with E-state index in [0.29, 0.717) is 12.2 Å². The SMILES string of the molecule is Cn1ccc2c(NC(=O)c3ccc(OC[C@@H]4CCCO4)cc3)cccc21. The van der Waals surface area contributed by atoms with E-state index in [0.717, 1.165) is 41.8 Å². The quantitative estimate of drug-likeness (QED) is 0.757. The minimum atomic E-state index is -0.132. The minimum Gasteiger partial charge on any atom is -0.491 e. The number of nitrogens with zero attached hydrogens (tertiary/aromatic N) is 1. The van der Waals surface area contributed by atoms with Crippen LogP contribution < -0.4 is 10.1 Å². The summed E-state index contributed by atoms with van der Waals surface area (Å²) in [5, 5.41) is 4.03. The van der Waals surface area contributed by atoms with Crippen LogP contribution in [0.2, 0.25) is 0 Å². The van der Waals surface area contributed by atoms with Crippen LogP contribution in [0.1, 0.15) is 23.2 Å². The van der Waals surface area contributed by atoms with E-state index in [1.54, 1.807) is 12.1 Å². The van der Waals surface area contributed by atoms with E-state index in [9.17, 15) is 4.79 Å². The van der Waals surface area contributed by atoms with Crippen molar-refractivity contribution in [2.45, 2.75) is 18.9 Å². The van der Waals surface area contributed by atoms with Gasteiger partial charge >= 0.3 is 0 Å². The van der Waals surface area contributed by atoms with Crippen LogP contribution in [0, 0.1) is 0 Å². The summed E-state index contributed by atoms with van der Waals surface area (Å²) in [5.41, 5.74) is 2.50. The predicted molar refractivity (Wildman–Crippen MR) is 102 cm³/mol. The van der Waals surface area contributed by atoms with Gasteiger partial charge < -0.3 is 19.4 Å². The van der Waals surface area contributed by atoms with E-state index < -0.39 is 0 Å². The molecule has 1 aromatic heterocycles. The van der Waals surface area contributed by atoms with Gasteiger partial charge in [0.1, 0.15) is 12.4 Å². The topological polar surface area (TPSA) is 52.5 Å². The van der Waals surface area contributed by atoms with Crippen LogP contribution in [-0.2, 0) is 11.8 Å². The molecule has 3 aromatic rings. The van der Waals surface area contributed by atoms with Crippen LogP contribution in [0.15, 0.2) is 54.7 Å². The van der Waals surface area contributed by atoms with Gasteiger partial charge in [0, 0.05) is 36.3 Å².